The van der Waals surface area contributed by atoms with Crippen LogP contribution in [0.2, 0.25) is 0 Å². The molecule has 0 fully saturated rings. The van der Waals surface area contributed by atoms with Crippen LogP contribution in [0.25, 0.3) is 0 Å². The Morgan fingerprint density at radius 1 is 1.08 bits per heavy atom. The molecule has 5 nitrogen and oxygen atoms in total. The summed E-state index contributed by atoms with van der Waals surface area (Å²) < 4.78 is 0. The number of rotatable bonds is 6. The molecule has 0 saturated carbocycles. The fraction of sp³-hybridized carbons (Fsp3) is 0.250. The van der Waals surface area contributed by atoms with Crippen molar-refractivity contribution in [2.24, 2.45) is 0 Å². The van der Waals surface area contributed by atoms with E-state index in [0.29, 0.717) is 10.7 Å². The highest BCUT2D eigenvalue weighted by atomic mass is 32.1. The van der Waals surface area contributed by atoms with E-state index in [1.165, 1.54) is 6.92 Å². The highest BCUT2D eigenvalue weighted by molar-refractivity contribution is 7.80. The molecule has 2 aromatic rings. The molecule has 136 valence electrons. The van der Waals surface area contributed by atoms with Gasteiger partial charge in [0.15, 0.2) is 0 Å². The van der Waals surface area contributed by atoms with Gasteiger partial charge in [0, 0.05) is 24.6 Å². The van der Waals surface area contributed by atoms with E-state index in [4.69, 9.17) is 12.2 Å². The summed E-state index contributed by atoms with van der Waals surface area (Å²) in [5.74, 6) is -1.12. The number of carbonyl (C=O) groups is 2. The number of hydrogen-bond donors (Lipinski definition) is 3. The van der Waals surface area contributed by atoms with Crippen LogP contribution >= 0.6 is 12.2 Å². The number of carboxylic acids is 1. The fourth-order valence-corrected chi connectivity index (χ4v) is 3.23. The molecule has 2 rings (SSSR count). The fourth-order valence-electron chi connectivity index (χ4n) is 2.77. The zero-order valence-electron chi connectivity index (χ0n) is 15.0. The highest BCUT2D eigenvalue weighted by Crippen LogP contribution is 2.15. The summed E-state index contributed by atoms with van der Waals surface area (Å²) in [5, 5.41) is 15.2. The minimum Gasteiger partial charge on any atom is -0.480 e. The smallest absolute Gasteiger partial charge is 0.326 e. The third-order valence-corrected chi connectivity index (χ3v) is 4.35. The number of amides is 1. The Morgan fingerprint density at radius 3 is 2.15 bits per heavy atom. The van der Waals surface area contributed by atoms with Crippen LogP contribution in [0.5, 0.6) is 0 Å². The molecule has 3 N–H and O–H groups in total. The van der Waals surface area contributed by atoms with Gasteiger partial charge < -0.3 is 15.7 Å². The minimum absolute atomic E-state index is 0.151. The molecule has 0 radical (unpaired) electrons. The molecule has 0 saturated heterocycles. The normalized spacial score (nSPS) is 11.5. The Morgan fingerprint density at radius 2 is 1.65 bits per heavy atom. The average molecular weight is 370 g/mol. The molecule has 6 heteroatoms. The van der Waals surface area contributed by atoms with E-state index >= 15 is 0 Å². The van der Waals surface area contributed by atoms with Gasteiger partial charge in [0.1, 0.15) is 11.0 Å². The highest BCUT2D eigenvalue weighted by Gasteiger charge is 2.20. The van der Waals surface area contributed by atoms with Crippen LogP contribution in [0.3, 0.4) is 0 Å². The van der Waals surface area contributed by atoms with Crippen LogP contribution in [0.1, 0.15) is 29.2 Å². The first-order chi connectivity index (χ1) is 12.3. The monoisotopic (exact) mass is 370 g/mol. The number of carboxylic acid groups (broad SMARTS) is 1. The summed E-state index contributed by atoms with van der Waals surface area (Å²) in [7, 11) is 0. The number of aliphatic carboxylic acids is 1. The van der Waals surface area contributed by atoms with Gasteiger partial charge in [-0.1, -0.05) is 42.5 Å². The number of aryl methyl sites for hydroxylation is 2. The molecular weight excluding hydrogens is 348 g/mol. The molecule has 0 aliphatic heterocycles. The minimum atomic E-state index is -0.968. The molecular formula is C20H22N2O3S. The summed E-state index contributed by atoms with van der Waals surface area (Å²) in [6, 6.07) is 12.1. The lowest BCUT2D eigenvalue weighted by Gasteiger charge is -2.19. The van der Waals surface area contributed by atoms with Crippen LogP contribution < -0.4 is 10.6 Å². The van der Waals surface area contributed by atoms with Gasteiger partial charge in [0.2, 0.25) is 5.91 Å². The van der Waals surface area contributed by atoms with Crippen LogP contribution in [0.4, 0.5) is 5.69 Å². The van der Waals surface area contributed by atoms with Crippen molar-refractivity contribution in [1.29, 1.82) is 0 Å². The quantitative estimate of drug-likeness (QED) is 0.681. The van der Waals surface area contributed by atoms with Crippen molar-refractivity contribution in [1.82, 2.24) is 5.32 Å². The van der Waals surface area contributed by atoms with Crippen LogP contribution in [-0.2, 0) is 16.0 Å². The lowest BCUT2D eigenvalue weighted by Crippen LogP contribution is -2.42. The first kappa shape index (κ1) is 19.6. The second-order valence-electron chi connectivity index (χ2n) is 6.21. The zero-order chi connectivity index (χ0) is 19.3. The van der Waals surface area contributed by atoms with Gasteiger partial charge >= 0.3 is 5.97 Å². The Hall–Kier alpha value is -2.73. The number of thiocarbonyl (C=S) groups is 1. The Kier molecular flexibility index (Phi) is 6.46. The predicted octanol–water partition coefficient (Wildman–Crippen LogP) is 3.22. The molecule has 1 amide bonds. The van der Waals surface area contributed by atoms with Gasteiger partial charge in [0.25, 0.3) is 0 Å². The molecule has 2 aromatic carbocycles. The number of carbonyl (C=O) groups excluding carboxylic acids is 1. The van der Waals surface area contributed by atoms with Crippen LogP contribution in [-0.4, -0.2) is 28.0 Å². The Balaban J connectivity index is 2.13. The first-order valence-electron chi connectivity index (χ1n) is 8.24. The van der Waals surface area contributed by atoms with E-state index in [9.17, 15) is 14.7 Å². The molecule has 0 aliphatic rings. The molecule has 1 unspecified atom stereocenters. The first-order valence-corrected chi connectivity index (χ1v) is 8.65. The predicted molar refractivity (Wildman–Crippen MR) is 107 cm³/mol. The maximum absolute atomic E-state index is 11.7. The molecule has 0 aliphatic carbocycles. The van der Waals surface area contributed by atoms with E-state index in [1.807, 2.05) is 32.0 Å². The molecule has 0 aromatic heterocycles. The molecule has 0 heterocycles. The Labute approximate surface area is 158 Å². The van der Waals surface area contributed by atoms with Crippen LogP contribution in [0, 0.1) is 13.8 Å². The van der Waals surface area contributed by atoms with Gasteiger partial charge in [-0.25, -0.2) is 4.79 Å². The number of anilines is 1. The summed E-state index contributed by atoms with van der Waals surface area (Å²) in [6.45, 7) is 5.34. The summed E-state index contributed by atoms with van der Waals surface area (Å²) in [5.41, 5.74) is 4.39. The average Bonchev–Trinajstić information content (AvgIpc) is 2.55. The third-order valence-electron chi connectivity index (χ3n) is 4.03. The number of benzene rings is 2. The lowest BCUT2D eigenvalue weighted by molar-refractivity contribution is -0.139. The summed E-state index contributed by atoms with van der Waals surface area (Å²) in [6.07, 6.45) is 0.279. The zero-order valence-corrected chi connectivity index (χ0v) is 15.8. The van der Waals surface area contributed by atoms with Gasteiger partial charge in [-0.15, -0.1) is 0 Å². The molecule has 1 atom stereocenters. The number of hydrogen-bond acceptors (Lipinski definition) is 3. The molecule has 0 bridgehead atoms. The van der Waals surface area contributed by atoms with E-state index in [-0.39, 0.29) is 12.3 Å². The van der Waals surface area contributed by atoms with Crippen molar-refractivity contribution in [3.05, 3.63) is 64.7 Å². The van der Waals surface area contributed by atoms with E-state index in [0.717, 1.165) is 22.3 Å². The third kappa shape index (κ3) is 5.13. The van der Waals surface area contributed by atoms with Crippen LogP contribution in [0.15, 0.2) is 42.5 Å². The van der Waals surface area contributed by atoms with Crippen molar-refractivity contribution in [3.8, 4) is 0 Å². The topological polar surface area (TPSA) is 78.4 Å². The lowest BCUT2D eigenvalue weighted by atomic mass is 10.0. The second-order valence-corrected chi connectivity index (χ2v) is 6.62. The maximum Gasteiger partial charge on any atom is 0.326 e. The van der Waals surface area contributed by atoms with Crippen molar-refractivity contribution < 1.29 is 14.7 Å². The van der Waals surface area contributed by atoms with Gasteiger partial charge in [-0.3, -0.25) is 4.79 Å². The van der Waals surface area contributed by atoms with E-state index < -0.39 is 12.0 Å². The van der Waals surface area contributed by atoms with Gasteiger partial charge in [0.05, 0.1) is 0 Å². The molecule has 26 heavy (non-hydrogen) atoms. The summed E-state index contributed by atoms with van der Waals surface area (Å²) >= 11 is 5.45. The van der Waals surface area contributed by atoms with E-state index in [1.54, 1.807) is 24.3 Å². The SMILES string of the molecule is CC(=O)Nc1ccc(CC(NC(=S)c2c(C)cccc2C)C(=O)O)cc1. The molecule has 0 spiro atoms. The standard InChI is InChI=1S/C20H22N2O3S/c1-12-5-4-6-13(2)18(12)19(26)22-17(20(24)25)11-15-7-9-16(10-8-15)21-14(3)23/h4-10,17H,11H2,1-3H3,(H,21,23)(H,22,26)(H,24,25). The van der Waals surface area contributed by atoms with Gasteiger partial charge in [-0.05, 0) is 42.7 Å². The summed E-state index contributed by atoms with van der Waals surface area (Å²) in [4.78, 5) is 23.2. The van der Waals surface area contributed by atoms with Crippen molar-refractivity contribution in [2.75, 3.05) is 5.32 Å². The Bertz CT molecular complexity index is 811. The van der Waals surface area contributed by atoms with Gasteiger partial charge in [-0.2, -0.15) is 0 Å². The number of nitrogens with one attached hydrogen (secondary N) is 2. The van der Waals surface area contributed by atoms with Crippen molar-refractivity contribution >= 4 is 34.8 Å². The second kappa shape index (κ2) is 8.58. The maximum atomic E-state index is 11.7. The van der Waals surface area contributed by atoms with E-state index in [2.05, 4.69) is 10.6 Å². The van der Waals surface area contributed by atoms with Crippen molar-refractivity contribution in [3.63, 3.8) is 0 Å². The van der Waals surface area contributed by atoms with Crippen molar-refractivity contribution in [2.45, 2.75) is 33.2 Å². The largest absolute Gasteiger partial charge is 0.480 e.